The SMILES string of the molecule is COc1cc(CNC[C@H]2CC[C@H](N)CC2)cc(OC)c1OC. The van der Waals surface area contributed by atoms with Gasteiger partial charge in [-0.05, 0) is 55.8 Å². The lowest BCUT2D eigenvalue weighted by molar-refractivity contribution is 0.313. The van der Waals surface area contributed by atoms with Crippen molar-refractivity contribution in [1.82, 2.24) is 5.32 Å². The summed E-state index contributed by atoms with van der Waals surface area (Å²) >= 11 is 0. The van der Waals surface area contributed by atoms with Crippen molar-refractivity contribution >= 4 is 0 Å². The fraction of sp³-hybridized carbons (Fsp3) is 0.647. The van der Waals surface area contributed by atoms with Crippen LogP contribution in [0, 0.1) is 5.92 Å². The number of nitrogens with one attached hydrogen (secondary N) is 1. The Morgan fingerprint density at radius 1 is 1.00 bits per heavy atom. The van der Waals surface area contributed by atoms with Gasteiger partial charge in [0.25, 0.3) is 0 Å². The van der Waals surface area contributed by atoms with Crippen molar-refractivity contribution in [3.05, 3.63) is 17.7 Å². The molecular weight excluding hydrogens is 280 g/mol. The first-order valence-corrected chi connectivity index (χ1v) is 7.93. The van der Waals surface area contributed by atoms with E-state index in [2.05, 4.69) is 5.32 Å². The standard InChI is InChI=1S/C17H28N2O3/c1-20-15-8-13(9-16(21-2)17(15)22-3)11-19-10-12-4-6-14(18)7-5-12/h8-9,12,14,19H,4-7,10-11,18H2,1-3H3/t12-,14-. The van der Waals surface area contributed by atoms with E-state index in [9.17, 15) is 0 Å². The maximum absolute atomic E-state index is 5.95. The number of rotatable bonds is 7. The van der Waals surface area contributed by atoms with Crippen LogP contribution in [0.5, 0.6) is 17.2 Å². The Kier molecular flexibility index (Phi) is 6.34. The highest BCUT2D eigenvalue weighted by atomic mass is 16.5. The Labute approximate surface area is 133 Å². The van der Waals surface area contributed by atoms with Gasteiger partial charge in [-0.2, -0.15) is 0 Å². The molecule has 2 rings (SSSR count). The maximum Gasteiger partial charge on any atom is 0.203 e. The van der Waals surface area contributed by atoms with Crippen LogP contribution in [0.4, 0.5) is 0 Å². The van der Waals surface area contributed by atoms with Gasteiger partial charge < -0.3 is 25.3 Å². The first kappa shape index (κ1) is 16.9. The number of nitrogens with two attached hydrogens (primary N) is 1. The Hall–Kier alpha value is -1.46. The number of benzene rings is 1. The average Bonchev–Trinajstić information content (AvgIpc) is 2.55. The molecule has 1 saturated carbocycles. The highest BCUT2D eigenvalue weighted by Crippen LogP contribution is 2.38. The van der Waals surface area contributed by atoms with Gasteiger partial charge in [-0.15, -0.1) is 0 Å². The molecule has 22 heavy (non-hydrogen) atoms. The fourth-order valence-electron chi connectivity index (χ4n) is 3.05. The summed E-state index contributed by atoms with van der Waals surface area (Å²) in [5.74, 6) is 2.77. The lowest BCUT2D eigenvalue weighted by Gasteiger charge is -2.26. The number of ether oxygens (including phenoxy) is 3. The molecule has 1 aromatic rings. The highest BCUT2D eigenvalue weighted by molar-refractivity contribution is 5.53. The minimum Gasteiger partial charge on any atom is -0.493 e. The summed E-state index contributed by atoms with van der Waals surface area (Å²) in [7, 11) is 4.89. The number of methoxy groups -OCH3 is 3. The molecule has 1 aliphatic rings. The summed E-state index contributed by atoms with van der Waals surface area (Å²) in [5, 5.41) is 3.53. The monoisotopic (exact) mass is 308 g/mol. The smallest absolute Gasteiger partial charge is 0.203 e. The molecule has 0 heterocycles. The van der Waals surface area contributed by atoms with Gasteiger partial charge in [-0.1, -0.05) is 0 Å². The summed E-state index contributed by atoms with van der Waals surface area (Å²) in [6, 6.07) is 4.39. The molecule has 0 radical (unpaired) electrons. The van der Waals surface area contributed by atoms with E-state index >= 15 is 0 Å². The zero-order valence-corrected chi connectivity index (χ0v) is 13.9. The van der Waals surface area contributed by atoms with Crippen molar-refractivity contribution in [3.8, 4) is 17.2 Å². The number of hydrogen-bond donors (Lipinski definition) is 2. The average molecular weight is 308 g/mol. The lowest BCUT2D eigenvalue weighted by Crippen LogP contribution is -2.31. The predicted molar refractivity (Wildman–Crippen MR) is 87.7 cm³/mol. The van der Waals surface area contributed by atoms with Crippen LogP contribution in [0.1, 0.15) is 31.2 Å². The topological polar surface area (TPSA) is 65.7 Å². The molecule has 3 N–H and O–H groups in total. The van der Waals surface area contributed by atoms with Crippen molar-refractivity contribution in [2.45, 2.75) is 38.3 Å². The molecule has 0 aromatic heterocycles. The molecule has 0 bridgehead atoms. The second kappa shape index (κ2) is 8.25. The van der Waals surface area contributed by atoms with E-state index in [1.165, 1.54) is 12.8 Å². The minimum atomic E-state index is 0.409. The summed E-state index contributed by atoms with van der Waals surface area (Å²) in [6.45, 7) is 1.82. The minimum absolute atomic E-state index is 0.409. The molecule has 1 aliphatic carbocycles. The normalized spacial score (nSPS) is 21.5. The molecule has 0 atom stereocenters. The van der Waals surface area contributed by atoms with Gasteiger partial charge in [0, 0.05) is 12.6 Å². The van der Waals surface area contributed by atoms with E-state index < -0.39 is 0 Å². The van der Waals surface area contributed by atoms with Crippen LogP contribution in [0.15, 0.2) is 12.1 Å². The molecule has 0 amide bonds. The quantitative estimate of drug-likeness (QED) is 0.809. The summed E-state index contributed by atoms with van der Waals surface area (Å²) < 4.78 is 16.1. The van der Waals surface area contributed by atoms with Gasteiger partial charge in [-0.3, -0.25) is 0 Å². The van der Waals surface area contributed by atoms with Crippen LogP contribution in [0.25, 0.3) is 0 Å². The third-order valence-electron chi connectivity index (χ3n) is 4.38. The van der Waals surface area contributed by atoms with E-state index in [0.29, 0.717) is 23.3 Å². The highest BCUT2D eigenvalue weighted by Gasteiger charge is 2.18. The Balaban J connectivity index is 1.92. The van der Waals surface area contributed by atoms with Gasteiger partial charge in [0.2, 0.25) is 5.75 Å². The van der Waals surface area contributed by atoms with E-state index in [1.807, 2.05) is 12.1 Å². The summed E-state index contributed by atoms with van der Waals surface area (Å²) in [4.78, 5) is 0. The summed E-state index contributed by atoms with van der Waals surface area (Å²) in [5.41, 5.74) is 7.07. The molecule has 0 aliphatic heterocycles. The molecule has 5 nitrogen and oxygen atoms in total. The van der Waals surface area contributed by atoms with E-state index in [4.69, 9.17) is 19.9 Å². The van der Waals surface area contributed by atoms with Crippen molar-refractivity contribution in [2.75, 3.05) is 27.9 Å². The molecule has 5 heteroatoms. The molecule has 0 saturated heterocycles. The second-order valence-corrected chi connectivity index (χ2v) is 5.95. The molecule has 1 aromatic carbocycles. The van der Waals surface area contributed by atoms with E-state index in [1.54, 1.807) is 21.3 Å². The molecule has 0 spiro atoms. The van der Waals surface area contributed by atoms with E-state index in [-0.39, 0.29) is 0 Å². The summed E-state index contributed by atoms with van der Waals surface area (Å²) in [6.07, 6.45) is 4.75. The van der Waals surface area contributed by atoms with Crippen LogP contribution in [-0.2, 0) is 6.54 Å². The van der Waals surface area contributed by atoms with Gasteiger partial charge >= 0.3 is 0 Å². The van der Waals surface area contributed by atoms with Crippen LogP contribution in [-0.4, -0.2) is 33.9 Å². The molecular formula is C17H28N2O3. The van der Waals surface area contributed by atoms with Crippen molar-refractivity contribution < 1.29 is 14.2 Å². The van der Waals surface area contributed by atoms with E-state index in [0.717, 1.165) is 37.4 Å². The first-order chi connectivity index (χ1) is 10.7. The number of hydrogen-bond acceptors (Lipinski definition) is 5. The van der Waals surface area contributed by atoms with Crippen molar-refractivity contribution in [1.29, 1.82) is 0 Å². The van der Waals surface area contributed by atoms with Gasteiger partial charge in [0.1, 0.15) is 0 Å². The second-order valence-electron chi connectivity index (χ2n) is 5.95. The predicted octanol–water partition coefficient (Wildman–Crippen LogP) is 2.32. The molecule has 1 fully saturated rings. The first-order valence-electron chi connectivity index (χ1n) is 7.93. The molecule has 124 valence electrons. The van der Waals surface area contributed by atoms with Crippen LogP contribution < -0.4 is 25.3 Å². The Morgan fingerprint density at radius 2 is 1.59 bits per heavy atom. The van der Waals surface area contributed by atoms with Crippen LogP contribution in [0.2, 0.25) is 0 Å². The zero-order valence-electron chi connectivity index (χ0n) is 13.9. The van der Waals surface area contributed by atoms with Gasteiger partial charge in [0.05, 0.1) is 21.3 Å². The largest absolute Gasteiger partial charge is 0.493 e. The van der Waals surface area contributed by atoms with Crippen LogP contribution >= 0.6 is 0 Å². The van der Waals surface area contributed by atoms with Crippen molar-refractivity contribution in [2.24, 2.45) is 11.7 Å². The maximum atomic E-state index is 5.95. The van der Waals surface area contributed by atoms with Crippen molar-refractivity contribution in [3.63, 3.8) is 0 Å². The Bertz CT molecular complexity index is 446. The third-order valence-corrected chi connectivity index (χ3v) is 4.38. The van der Waals surface area contributed by atoms with Crippen LogP contribution in [0.3, 0.4) is 0 Å². The zero-order chi connectivity index (χ0) is 15.9. The molecule has 0 unspecified atom stereocenters. The third kappa shape index (κ3) is 4.27. The van der Waals surface area contributed by atoms with Gasteiger partial charge in [-0.25, -0.2) is 0 Å². The Morgan fingerprint density at radius 3 is 2.09 bits per heavy atom. The van der Waals surface area contributed by atoms with Gasteiger partial charge in [0.15, 0.2) is 11.5 Å². The lowest BCUT2D eigenvalue weighted by atomic mass is 9.86. The fourth-order valence-corrected chi connectivity index (χ4v) is 3.05.